The molecule has 8 aromatic rings. The van der Waals surface area contributed by atoms with E-state index in [9.17, 15) is 0 Å². The van der Waals surface area contributed by atoms with Crippen molar-refractivity contribution in [3.05, 3.63) is 210 Å². The monoisotopic (exact) mass is 719 g/mol. The zero-order chi connectivity index (χ0) is 37.6. The fourth-order valence-electron chi connectivity index (χ4n) is 9.46. The molecular formula is C55H45N. The van der Waals surface area contributed by atoms with Crippen LogP contribution in [0.15, 0.2) is 188 Å². The average Bonchev–Trinajstić information content (AvgIpc) is 3.50. The molecule has 270 valence electrons. The van der Waals surface area contributed by atoms with Crippen LogP contribution in [0.1, 0.15) is 48.9 Å². The summed E-state index contributed by atoms with van der Waals surface area (Å²) in [5.41, 5.74) is 21.9. The zero-order valence-electron chi connectivity index (χ0n) is 32.2. The van der Waals surface area contributed by atoms with Gasteiger partial charge in [-0.3, -0.25) is 0 Å². The minimum absolute atomic E-state index is 0.154. The number of benzene rings is 8. The quantitative estimate of drug-likeness (QED) is 0.159. The summed E-state index contributed by atoms with van der Waals surface area (Å²) in [6.07, 6.45) is 4.91. The van der Waals surface area contributed by atoms with Crippen molar-refractivity contribution < 1.29 is 0 Å². The normalized spacial score (nSPS) is 13.8. The highest BCUT2D eigenvalue weighted by molar-refractivity contribution is 5.94. The maximum atomic E-state index is 2.45. The number of hydrogen-bond acceptors (Lipinski definition) is 1. The highest BCUT2D eigenvalue weighted by Gasteiger charge is 2.37. The number of nitrogens with zero attached hydrogens (tertiary/aromatic N) is 1. The second-order valence-electron chi connectivity index (χ2n) is 15.9. The summed E-state index contributed by atoms with van der Waals surface area (Å²) in [6.45, 7) is 4.77. The van der Waals surface area contributed by atoms with Crippen LogP contribution >= 0.6 is 0 Å². The van der Waals surface area contributed by atoms with Gasteiger partial charge in [0, 0.05) is 22.5 Å². The average molecular weight is 720 g/mol. The number of anilines is 3. The minimum atomic E-state index is -0.154. The molecule has 0 atom stereocenters. The first-order valence-corrected chi connectivity index (χ1v) is 20.1. The predicted molar refractivity (Wildman–Crippen MR) is 237 cm³/mol. The van der Waals surface area contributed by atoms with E-state index in [1.54, 1.807) is 0 Å². The third-order valence-corrected chi connectivity index (χ3v) is 12.3. The van der Waals surface area contributed by atoms with Crippen molar-refractivity contribution in [2.75, 3.05) is 4.90 Å². The lowest BCUT2D eigenvalue weighted by molar-refractivity contribution is 0.660. The van der Waals surface area contributed by atoms with Crippen molar-refractivity contribution in [1.29, 1.82) is 0 Å². The summed E-state index contributed by atoms with van der Waals surface area (Å²) in [6, 6.07) is 69.6. The summed E-state index contributed by atoms with van der Waals surface area (Å²) >= 11 is 0. The van der Waals surface area contributed by atoms with E-state index in [1.165, 1.54) is 104 Å². The van der Waals surface area contributed by atoms with Crippen molar-refractivity contribution in [3.63, 3.8) is 0 Å². The van der Waals surface area contributed by atoms with Gasteiger partial charge < -0.3 is 4.90 Å². The van der Waals surface area contributed by atoms with Crippen LogP contribution in [0, 0.1) is 0 Å². The Kier molecular flexibility index (Phi) is 8.52. The van der Waals surface area contributed by atoms with E-state index in [2.05, 4.69) is 207 Å². The zero-order valence-corrected chi connectivity index (χ0v) is 32.2. The number of aryl methyl sites for hydroxylation is 1. The highest BCUT2D eigenvalue weighted by Crippen LogP contribution is 2.53. The molecule has 0 N–H and O–H groups in total. The molecule has 0 aromatic heterocycles. The Hall–Kier alpha value is -6.44. The lowest BCUT2D eigenvalue weighted by Crippen LogP contribution is -2.16. The van der Waals surface area contributed by atoms with Gasteiger partial charge in [0.25, 0.3) is 0 Å². The Morgan fingerprint density at radius 1 is 0.375 bits per heavy atom. The maximum absolute atomic E-state index is 2.45. The fourth-order valence-corrected chi connectivity index (χ4v) is 9.46. The van der Waals surface area contributed by atoms with Gasteiger partial charge in [0.1, 0.15) is 0 Å². The van der Waals surface area contributed by atoms with Crippen LogP contribution in [-0.2, 0) is 18.3 Å². The van der Waals surface area contributed by atoms with Gasteiger partial charge in [-0.25, -0.2) is 0 Å². The van der Waals surface area contributed by atoms with E-state index >= 15 is 0 Å². The smallest absolute Gasteiger partial charge is 0.0465 e. The Morgan fingerprint density at radius 2 is 0.875 bits per heavy atom. The van der Waals surface area contributed by atoms with Gasteiger partial charge in [-0.2, -0.15) is 0 Å². The Balaban J connectivity index is 1.09. The molecule has 56 heavy (non-hydrogen) atoms. The van der Waals surface area contributed by atoms with Gasteiger partial charge >= 0.3 is 0 Å². The summed E-state index contributed by atoms with van der Waals surface area (Å²) in [5, 5.41) is 0. The van der Waals surface area contributed by atoms with Crippen LogP contribution in [0.2, 0.25) is 0 Å². The Morgan fingerprint density at radius 3 is 1.54 bits per heavy atom. The molecule has 0 radical (unpaired) electrons. The van der Waals surface area contributed by atoms with Crippen molar-refractivity contribution in [2.24, 2.45) is 0 Å². The molecule has 0 unspecified atom stereocenters. The topological polar surface area (TPSA) is 3.24 Å². The fraction of sp³-hybridized carbons (Fsp3) is 0.127. The molecule has 0 spiro atoms. The molecule has 2 aliphatic carbocycles. The molecule has 0 saturated heterocycles. The molecule has 8 aromatic carbocycles. The number of rotatable bonds is 7. The molecule has 0 saturated carbocycles. The minimum Gasteiger partial charge on any atom is -0.310 e. The van der Waals surface area contributed by atoms with E-state index in [0.29, 0.717) is 0 Å². The second kappa shape index (κ2) is 14.0. The van der Waals surface area contributed by atoms with Crippen molar-refractivity contribution in [3.8, 4) is 55.6 Å². The van der Waals surface area contributed by atoms with Gasteiger partial charge in [0.15, 0.2) is 0 Å². The first-order chi connectivity index (χ1) is 27.5. The molecule has 1 heteroatoms. The Labute approximate surface area is 331 Å². The third kappa shape index (κ3) is 5.87. The van der Waals surface area contributed by atoms with Crippen molar-refractivity contribution in [1.82, 2.24) is 0 Å². The molecule has 0 bridgehead atoms. The largest absolute Gasteiger partial charge is 0.310 e. The van der Waals surface area contributed by atoms with Crippen molar-refractivity contribution >= 4 is 17.1 Å². The predicted octanol–water partition coefficient (Wildman–Crippen LogP) is 15.0. The standard InChI is InChI=1S/C55H45N/c1-55(2)52-26-14-25-50(40-17-7-4-8-18-40)54(52)51-36-35-45(37-53(51)55)56(44-33-29-42(30-34-44)49-24-13-20-39-19-9-10-21-47(39)49)43-31-27-41(28-32-43)48-23-12-11-22-46(48)38-15-5-3-6-16-38/h3-8,11-18,20,22-37H,9-10,19,21H2,1-2H3. The number of fused-ring (bicyclic) bond motifs is 4. The second-order valence-corrected chi connectivity index (χ2v) is 15.9. The summed E-state index contributed by atoms with van der Waals surface area (Å²) < 4.78 is 0. The van der Waals surface area contributed by atoms with Crippen LogP contribution in [0.5, 0.6) is 0 Å². The lowest BCUT2D eigenvalue weighted by atomic mass is 9.81. The van der Waals surface area contributed by atoms with Gasteiger partial charge in [0.05, 0.1) is 0 Å². The van der Waals surface area contributed by atoms with E-state index in [0.717, 1.165) is 17.1 Å². The van der Waals surface area contributed by atoms with Crippen LogP contribution in [0.3, 0.4) is 0 Å². The molecular weight excluding hydrogens is 675 g/mol. The summed E-state index contributed by atoms with van der Waals surface area (Å²) in [7, 11) is 0. The van der Waals surface area contributed by atoms with Crippen molar-refractivity contribution in [2.45, 2.75) is 44.9 Å². The van der Waals surface area contributed by atoms with Crippen LogP contribution in [0.4, 0.5) is 17.1 Å². The summed E-state index contributed by atoms with van der Waals surface area (Å²) in [5.74, 6) is 0. The summed E-state index contributed by atoms with van der Waals surface area (Å²) in [4.78, 5) is 2.44. The first kappa shape index (κ1) is 34.1. The molecule has 0 heterocycles. The van der Waals surface area contributed by atoms with Gasteiger partial charge in [-0.15, -0.1) is 0 Å². The molecule has 10 rings (SSSR count). The van der Waals surface area contributed by atoms with Gasteiger partial charge in [0.2, 0.25) is 0 Å². The van der Waals surface area contributed by atoms with E-state index in [-0.39, 0.29) is 5.41 Å². The van der Waals surface area contributed by atoms with E-state index < -0.39 is 0 Å². The molecule has 2 aliphatic rings. The molecule has 1 nitrogen and oxygen atoms in total. The van der Waals surface area contributed by atoms with Crippen LogP contribution < -0.4 is 4.90 Å². The third-order valence-electron chi connectivity index (χ3n) is 12.3. The molecule has 0 aliphatic heterocycles. The van der Waals surface area contributed by atoms with E-state index in [4.69, 9.17) is 0 Å². The Bertz CT molecular complexity index is 2690. The van der Waals surface area contributed by atoms with Gasteiger partial charge in [-0.05, 0) is 140 Å². The van der Waals surface area contributed by atoms with Crippen LogP contribution in [0.25, 0.3) is 55.6 Å². The maximum Gasteiger partial charge on any atom is 0.0465 e. The highest BCUT2D eigenvalue weighted by atomic mass is 15.1. The molecule has 0 amide bonds. The SMILES string of the molecule is CC1(C)c2cc(N(c3ccc(-c4ccccc4-c4ccccc4)cc3)c3ccc(-c4cccc5c4CCCC5)cc3)ccc2-c2c(-c3ccccc3)cccc21. The van der Waals surface area contributed by atoms with E-state index in [1.807, 2.05) is 0 Å². The van der Waals surface area contributed by atoms with Crippen LogP contribution in [-0.4, -0.2) is 0 Å². The van der Waals surface area contributed by atoms with Gasteiger partial charge in [-0.1, -0.05) is 166 Å². The first-order valence-electron chi connectivity index (χ1n) is 20.1. The number of hydrogen-bond donors (Lipinski definition) is 0. The lowest BCUT2D eigenvalue weighted by Gasteiger charge is -2.28. The molecule has 0 fully saturated rings.